The first kappa shape index (κ1) is 10.9. The summed E-state index contributed by atoms with van der Waals surface area (Å²) < 4.78 is 0. The van der Waals surface area contributed by atoms with Gasteiger partial charge in [-0.3, -0.25) is 0 Å². The Labute approximate surface area is 96.4 Å². The van der Waals surface area contributed by atoms with Gasteiger partial charge in [0.05, 0.1) is 0 Å². The molecule has 1 aliphatic heterocycles. The third-order valence-corrected chi connectivity index (χ3v) is 4.52. The molecule has 2 fully saturated rings. The molecule has 0 bridgehead atoms. The minimum atomic E-state index is 0.764. The van der Waals surface area contributed by atoms with Gasteiger partial charge >= 0.3 is 0 Å². The molecule has 1 heterocycles. The van der Waals surface area contributed by atoms with E-state index in [2.05, 4.69) is 20.8 Å². The van der Waals surface area contributed by atoms with Crippen LogP contribution in [-0.4, -0.2) is 29.4 Å². The van der Waals surface area contributed by atoms with Crippen molar-refractivity contribution in [3.8, 4) is 0 Å². The van der Waals surface area contributed by atoms with E-state index in [1.165, 1.54) is 64.6 Å². The highest BCUT2D eigenvalue weighted by molar-refractivity contribution is 9.09. The van der Waals surface area contributed by atoms with Crippen LogP contribution in [0.3, 0.4) is 0 Å². The summed E-state index contributed by atoms with van der Waals surface area (Å²) in [6.45, 7) is 3.98. The summed E-state index contributed by atoms with van der Waals surface area (Å²) in [5, 5.41) is 0. The van der Waals surface area contributed by atoms with Crippen LogP contribution in [0.1, 0.15) is 44.9 Å². The minimum absolute atomic E-state index is 0.764. The number of hydrogen-bond acceptors (Lipinski definition) is 1. The highest BCUT2D eigenvalue weighted by atomic mass is 79.9. The molecule has 2 heteroatoms. The van der Waals surface area contributed by atoms with Crippen molar-refractivity contribution in [3.63, 3.8) is 0 Å². The first-order chi connectivity index (χ1) is 6.84. The lowest BCUT2D eigenvalue weighted by Crippen LogP contribution is -2.36. The molecule has 0 aromatic rings. The van der Waals surface area contributed by atoms with Crippen LogP contribution in [0.5, 0.6) is 0 Å². The molecule has 1 nitrogen and oxygen atoms in total. The first-order valence-electron chi connectivity index (χ1n) is 6.21. The summed E-state index contributed by atoms with van der Waals surface area (Å²) >= 11 is 3.74. The van der Waals surface area contributed by atoms with Crippen molar-refractivity contribution in [2.24, 2.45) is 5.92 Å². The number of rotatable bonds is 3. The van der Waals surface area contributed by atoms with Crippen LogP contribution in [0, 0.1) is 5.92 Å². The van der Waals surface area contributed by atoms with Crippen LogP contribution < -0.4 is 0 Å². The Morgan fingerprint density at radius 1 is 1.07 bits per heavy atom. The molecular formula is C12H22BrN. The van der Waals surface area contributed by atoms with E-state index in [-0.39, 0.29) is 0 Å². The maximum atomic E-state index is 3.74. The smallest absolute Gasteiger partial charge is 0.0273 e. The Balaban J connectivity index is 1.64. The second-order valence-electron chi connectivity index (χ2n) is 4.98. The van der Waals surface area contributed by atoms with Crippen molar-refractivity contribution in [2.75, 3.05) is 19.6 Å². The molecule has 1 saturated heterocycles. The maximum absolute atomic E-state index is 3.74. The number of halogens is 1. The summed E-state index contributed by atoms with van der Waals surface area (Å²) in [7, 11) is 0. The van der Waals surface area contributed by atoms with Crippen LogP contribution in [0.4, 0.5) is 0 Å². The van der Waals surface area contributed by atoms with Gasteiger partial charge in [0.1, 0.15) is 0 Å². The fourth-order valence-corrected chi connectivity index (χ4v) is 3.60. The average Bonchev–Trinajstić information content (AvgIpc) is 2.67. The van der Waals surface area contributed by atoms with E-state index in [1.54, 1.807) is 0 Å². The zero-order valence-electron chi connectivity index (χ0n) is 9.05. The zero-order chi connectivity index (χ0) is 9.80. The zero-order valence-corrected chi connectivity index (χ0v) is 10.6. The van der Waals surface area contributed by atoms with Crippen LogP contribution >= 0.6 is 15.9 Å². The summed E-state index contributed by atoms with van der Waals surface area (Å²) in [5.41, 5.74) is 0. The Morgan fingerprint density at radius 2 is 1.86 bits per heavy atom. The standard InChI is InChI=1S/C12H22BrN/c13-12-6-3-8-14(10-12)9-7-11-4-1-2-5-11/h11-12H,1-10H2. The van der Waals surface area contributed by atoms with Gasteiger partial charge in [-0.15, -0.1) is 0 Å². The second kappa shape index (κ2) is 5.50. The van der Waals surface area contributed by atoms with Crippen molar-refractivity contribution >= 4 is 15.9 Å². The van der Waals surface area contributed by atoms with Gasteiger partial charge in [-0.1, -0.05) is 41.6 Å². The first-order valence-corrected chi connectivity index (χ1v) is 7.12. The van der Waals surface area contributed by atoms with Gasteiger partial charge in [0.15, 0.2) is 0 Å². The summed E-state index contributed by atoms with van der Waals surface area (Å²) in [6, 6.07) is 0. The van der Waals surface area contributed by atoms with Crippen molar-refractivity contribution in [1.82, 2.24) is 4.90 Å². The Hall–Kier alpha value is 0.440. The van der Waals surface area contributed by atoms with E-state index in [0.717, 1.165) is 10.7 Å². The van der Waals surface area contributed by atoms with Crippen LogP contribution in [0.15, 0.2) is 0 Å². The predicted octanol–water partition coefficient (Wildman–Crippen LogP) is 3.43. The lowest BCUT2D eigenvalue weighted by atomic mass is 10.0. The molecule has 0 aromatic heterocycles. The lowest BCUT2D eigenvalue weighted by Gasteiger charge is -2.30. The number of nitrogens with zero attached hydrogens (tertiary/aromatic N) is 1. The second-order valence-corrected chi connectivity index (χ2v) is 6.27. The van der Waals surface area contributed by atoms with Crippen molar-refractivity contribution in [1.29, 1.82) is 0 Å². The van der Waals surface area contributed by atoms with E-state index < -0.39 is 0 Å². The molecule has 0 aromatic carbocycles. The molecule has 0 amide bonds. The van der Waals surface area contributed by atoms with E-state index in [0.29, 0.717) is 0 Å². The fraction of sp³-hybridized carbons (Fsp3) is 1.00. The molecule has 82 valence electrons. The third kappa shape index (κ3) is 3.23. The van der Waals surface area contributed by atoms with Gasteiger partial charge < -0.3 is 4.90 Å². The minimum Gasteiger partial charge on any atom is -0.302 e. The highest BCUT2D eigenvalue weighted by Crippen LogP contribution is 2.28. The number of hydrogen-bond donors (Lipinski definition) is 0. The van der Waals surface area contributed by atoms with Gasteiger partial charge in [0, 0.05) is 11.4 Å². The molecule has 0 radical (unpaired) electrons. The topological polar surface area (TPSA) is 3.24 Å². The molecular weight excluding hydrogens is 238 g/mol. The highest BCUT2D eigenvalue weighted by Gasteiger charge is 2.20. The fourth-order valence-electron chi connectivity index (χ4n) is 2.87. The third-order valence-electron chi connectivity index (χ3n) is 3.78. The monoisotopic (exact) mass is 259 g/mol. The molecule has 14 heavy (non-hydrogen) atoms. The van der Waals surface area contributed by atoms with Gasteiger partial charge in [-0.25, -0.2) is 0 Å². The Kier molecular flexibility index (Phi) is 4.30. The molecule has 1 saturated carbocycles. The van der Waals surface area contributed by atoms with Gasteiger partial charge in [-0.05, 0) is 38.3 Å². The molecule has 1 aliphatic carbocycles. The van der Waals surface area contributed by atoms with Crippen LogP contribution in [0.2, 0.25) is 0 Å². The van der Waals surface area contributed by atoms with Crippen LogP contribution in [-0.2, 0) is 0 Å². The van der Waals surface area contributed by atoms with Crippen molar-refractivity contribution in [3.05, 3.63) is 0 Å². The van der Waals surface area contributed by atoms with Crippen molar-refractivity contribution < 1.29 is 0 Å². The number of piperidine rings is 1. The molecule has 0 N–H and O–H groups in total. The van der Waals surface area contributed by atoms with Crippen LogP contribution in [0.25, 0.3) is 0 Å². The molecule has 1 unspecified atom stereocenters. The lowest BCUT2D eigenvalue weighted by molar-refractivity contribution is 0.219. The quantitative estimate of drug-likeness (QED) is 0.703. The number of alkyl halides is 1. The van der Waals surface area contributed by atoms with Gasteiger partial charge in [-0.2, -0.15) is 0 Å². The predicted molar refractivity (Wildman–Crippen MR) is 65.0 cm³/mol. The number of likely N-dealkylation sites (tertiary alicyclic amines) is 1. The van der Waals surface area contributed by atoms with E-state index in [1.807, 2.05) is 0 Å². The van der Waals surface area contributed by atoms with Gasteiger partial charge in [0.25, 0.3) is 0 Å². The average molecular weight is 260 g/mol. The molecule has 0 spiro atoms. The Morgan fingerprint density at radius 3 is 2.57 bits per heavy atom. The largest absolute Gasteiger partial charge is 0.302 e. The molecule has 2 aliphatic rings. The van der Waals surface area contributed by atoms with E-state index in [4.69, 9.17) is 0 Å². The Bertz CT molecular complexity index is 166. The SMILES string of the molecule is BrC1CCCN(CCC2CCCC2)C1. The van der Waals surface area contributed by atoms with Gasteiger partial charge in [0.2, 0.25) is 0 Å². The van der Waals surface area contributed by atoms with E-state index >= 15 is 0 Å². The normalized spacial score (nSPS) is 31.1. The molecule has 1 atom stereocenters. The van der Waals surface area contributed by atoms with Crippen molar-refractivity contribution in [2.45, 2.75) is 49.8 Å². The summed E-state index contributed by atoms with van der Waals surface area (Å²) in [4.78, 5) is 3.42. The summed E-state index contributed by atoms with van der Waals surface area (Å²) in [5.74, 6) is 1.06. The van der Waals surface area contributed by atoms with E-state index in [9.17, 15) is 0 Å². The summed E-state index contributed by atoms with van der Waals surface area (Å²) in [6.07, 6.45) is 10.2. The maximum Gasteiger partial charge on any atom is 0.0273 e. The molecule has 2 rings (SSSR count).